The zero-order valence-electron chi connectivity index (χ0n) is 11.1. The predicted octanol–water partition coefficient (Wildman–Crippen LogP) is 4.79. The summed E-state index contributed by atoms with van der Waals surface area (Å²) in [6, 6.07) is 9.68. The first-order valence-electron chi connectivity index (χ1n) is 6.10. The third kappa shape index (κ3) is 4.16. The summed E-state index contributed by atoms with van der Waals surface area (Å²) in [4.78, 5) is 10.5. The molecule has 0 aliphatic carbocycles. The van der Waals surface area contributed by atoms with Crippen molar-refractivity contribution in [2.75, 3.05) is 0 Å². The largest absolute Gasteiger partial charge is 0.478 e. The number of carboxylic acids is 1. The fraction of sp³-hybridized carbons (Fsp3) is 0.0625. The van der Waals surface area contributed by atoms with Crippen LogP contribution in [0.4, 0.5) is 4.39 Å². The highest BCUT2D eigenvalue weighted by atomic mass is 79.9. The number of carboxylic acid groups (broad SMARTS) is 1. The van der Waals surface area contributed by atoms with Crippen LogP contribution in [-0.4, -0.2) is 11.1 Å². The molecule has 21 heavy (non-hydrogen) atoms. The predicted molar refractivity (Wildman–Crippen MR) is 82.0 cm³/mol. The number of aliphatic carboxylic acids is 1. The normalized spacial score (nSPS) is 10.8. The van der Waals surface area contributed by atoms with E-state index in [2.05, 4.69) is 15.9 Å². The molecule has 108 valence electrons. The summed E-state index contributed by atoms with van der Waals surface area (Å²) in [5.74, 6) is -0.242. The van der Waals surface area contributed by atoms with E-state index < -0.39 is 5.97 Å². The van der Waals surface area contributed by atoms with E-state index in [1.54, 1.807) is 24.3 Å². The average molecular weight is 351 g/mol. The van der Waals surface area contributed by atoms with Crippen LogP contribution in [0.1, 0.15) is 11.1 Å². The van der Waals surface area contributed by atoms with E-state index in [-0.39, 0.29) is 5.82 Å². The lowest BCUT2D eigenvalue weighted by Crippen LogP contribution is -1.89. The smallest absolute Gasteiger partial charge is 0.328 e. The van der Waals surface area contributed by atoms with Crippen LogP contribution < -0.4 is 4.74 Å². The summed E-state index contributed by atoms with van der Waals surface area (Å²) in [6.07, 6.45) is 2.61. The van der Waals surface area contributed by atoms with Crippen LogP contribution in [0.2, 0.25) is 0 Å². The Labute approximate surface area is 129 Å². The Hall–Kier alpha value is -2.14. The first kappa shape index (κ1) is 15.3. The Bertz CT molecular complexity index is 711. The van der Waals surface area contributed by atoms with Crippen LogP contribution in [0.3, 0.4) is 0 Å². The van der Waals surface area contributed by atoms with Crippen molar-refractivity contribution in [1.29, 1.82) is 0 Å². The molecule has 2 aromatic carbocycles. The number of halogens is 2. The quantitative estimate of drug-likeness (QED) is 0.806. The lowest BCUT2D eigenvalue weighted by atomic mass is 10.1. The van der Waals surface area contributed by atoms with Crippen molar-refractivity contribution in [1.82, 2.24) is 0 Å². The molecule has 1 N–H and O–H groups in total. The van der Waals surface area contributed by atoms with Crippen molar-refractivity contribution < 1.29 is 19.0 Å². The first-order chi connectivity index (χ1) is 9.95. The van der Waals surface area contributed by atoms with E-state index in [1.807, 2.05) is 6.92 Å². The van der Waals surface area contributed by atoms with Crippen LogP contribution in [0.25, 0.3) is 6.08 Å². The number of benzene rings is 2. The molecule has 0 aromatic heterocycles. The van der Waals surface area contributed by atoms with Crippen LogP contribution in [-0.2, 0) is 4.79 Å². The van der Waals surface area contributed by atoms with Crippen LogP contribution in [0.15, 0.2) is 46.9 Å². The third-order valence-corrected chi connectivity index (χ3v) is 3.38. The van der Waals surface area contributed by atoms with Crippen molar-refractivity contribution in [2.24, 2.45) is 0 Å². The van der Waals surface area contributed by atoms with Gasteiger partial charge < -0.3 is 9.84 Å². The number of hydrogen-bond acceptors (Lipinski definition) is 2. The summed E-state index contributed by atoms with van der Waals surface area (Å²) in [6.45, 7) is 1.86. The Morgan fingerprint density at radius 1 is 1.24 bits per heavy atom. The van der Waals surface area contributed by atoms with Crippen molar-refractivity contribution in [3.8, 4) is 11.5 Å². The van der Waals surface area contributed by atoms with Gasteiger partial charge >= 0.3 is 5.97 Å². The Kier molecular flexibility index (Phi) is 4.75. The van der Waals surface area contributed by atoms with Gasteiger partial charge in [0.15, 0.2) is 0 Å². The van der Waals surface area contributed by atoms with Crippen molar-refractivity contribution in [3.05, 3.63) is 63.9 Å². The number of aryl methyl sites for hydroxylation is 1. The van der Waals surface area contributed by atoms with E-state index in [1.165, 1.54) is 18.2 Å². The van der Waals surface area contributed by atoms with Gasteiger partial charge in [-0.1, -0.05) is 6.07 Å². The SMILES string of the molecule is Cc1cc(Oc2ccc(F)c(Br)c2)ccc1/C=C/C(=O)O. The molecule has 0 fully saturated rings. The highest BCUT2D eigenvalue weighted by Crippen LogP contribution is 2.27. The van der Waals surface area contributed by atoms with E-state index in [4.69, 9.17) is 9.84 Å². The minimum atomic E-state index is -0.995. The summed E-state index contributed by atoms with van der Waals surface area (Å²) in [5, 5.41) is 8.62. The molecule has 0 saturated heterocycles. The van der Waals surface area contributed by atoms with E-state index in [0.29, 0.717) is 16.0 Å². The molecule has 0 atom stereocenters. The maximum Gasteiger partial charge on any atom is 0.328 e. The van der Waals surface area contributed by atoms with Gasteiger partial charge in [-0.25, -0.2) is 9.18 Å². The maximum absolute atomic E-state index is 13.1. The molecule has 3 nitrogen and oxygen atoms in total. The molecule has 2 rings (SSSR count). The zero-order valence-corrected chi connectivity index (χ0v) is 12.7. The molecule has 0 amide bonds. The highest BCUT2D eigenvalue weighted by molar-refractivity contribution is 9.10. The summed E-state index contributed by atoms with van der Waals surface area (Å²) in [7, 11) is 0. The van der Waals surface area contributed by atoms with E-state index >= 15 is 0 Å². The van der Waals surface area contributed by atoms with Crippen LogP contribution in [0.5, 0.6) is 11.5 Å². The van der Waals surface area contributed by atoms with Gasteiger partial charge in [-0.2, -0.15) is 0 Å². The van der Waals surface area contributed by atoms with Crippen LogP contribution in [0, 0.1) is 12.7 Å². The molecule has 0 saturated carbocycles. The van der Waals surface area contributed by atoms with Gasteiger partial charge in [0, 0.05) is 6.08 Å². The topological polar surface area (TPSA) is 46.5 Å². The average Bonchev–Trinajstić information content (AvgIpc) is 2.42. The van der Waals surface area contributed by atoms with Gasteiger partial charge in [-0.05, 0) is 70.4 Å². The lowest BCUT2D eigenvalue weighted by molar-refractivity contribution is -0.131. The molecule has 0 radical (unpaired) electrons. The first-order valence-corrected chi connectivity index (χ1v) is 6.89. The molecular formula is C16H12BrFO3. The van der Waals surface area contributed by atoms with Crippen molar-refractivity contribution >= 4 is 28.0 Å². The fourth-order valence-corrected chi connectivity index (χ4v) is 2.09. The third-order valence-electron chi connectivity index (χ3n) is 2.77. The minimum Gasteiger partial charge on any atom is -0.478 e. The van der Waals surface area contributed by atoms with Gasteiger partial charge in [-0.3, -0.25) is 0 Å². The minimum absolute atomic E-state index is 0.331. The number of carbonyl (C=O) groups is 1. The standard InChI is InChI=1S/C16H12BrFO3/c1-10-8-12(4-2-11(10)3-7-16(19)20)21-13-5-6-15(18)14(17)9-13/h2-9H,1H3,(H,19,20)/b7-3+. The monoisotopic (exact) mass is 350 g/mol. The Balaban J connectivity index is 2.20. The van der Waals surface area contributed by atoms with Gasteiger partial charge in [0.25, 0.3) is 0 Å². The lowest BCUT2D eigenvalue weighted by Gasteiger charge is -2.08. The van der Waals surface area contributed by atoms with Crippen molar-refractivity contribution in [2.45, 2.75) is 6.92 Å². The van der Waals surface area contributed by atoms with Crippen molar-refractivity contribution in [3.63, 3.8) is 0 Å². The van der Waals surface area contributed by atoms with Gasteiger partial charge in [-0.15, -0.1) is 0 Å². The molecular weight excluding hydrogens is 339 g/mol. The molecule has 0 unspecified atom stereocenters. The Morgan fingerprint density at radius 2 is 1.90 bits per heavy atom. The summed E-state index contributed by atoms with van der Waals surface area (Å²) in [5.41, 5.74) is 1.68. The molecule has 0 aliphatic rings. The zero-order chi connectivity index (χ0) is 15.4. The second-order valence-corrected chi connectivity index (χ2v) is 5.22. The van der Waals surface area contributed by atoms with Gasteiger partial charge in [0.2, 0.25) is 0 Å². The number of ether oxygens (including phenoxy) is 1. The van der Waals surface area contributed by atoms with Gasteiger partial charge in [0.05, 0.1) is 4.47 Å². The summed E-state index contributed by atoms with van der Waals surface area (Å²) < 4.78 is 19.1. The Morgan fingerprint density at radius 3 is 2.52 bits per heavy atom. The summed E-state index contributed by atoms with van der Waals surface area (Å²) >= 11 is 3.10. The fourth-order valence-electron chi connectivity index (χ4n) is 1.74. The van der Waals surface area contributed by atoms with Crippen LogP contribution >= 0.6 is 15.9 Å². The second kappa shape index (κ2) is 6.54. The highest BCUT2D eigenvalue weighted by Gasteiger charge is 2.04. The maximum atomic E-state index is 13.1. The van der Waals surface area contributed by atoms with E-state index in [9.17, 15) is 9.18 Å². The van der Waals surface area contributed by atoms with E-state index in [0.717, 1.165) is 17.2 Å². The molecule has 5 heteroatoms. The molecule has 0 heterocycles. The second-order valence-electron chi connectivity index (χ2n) is 4.37. The number of hydrogen-bond donors (Lipinski definition) is 1. The molecule has 0 aliphatic heterocycles. The number of rotatable bonds is 4. The van der Waals surface area contributed by atoms with Gasteiger partial charge in [0.1, 0.15) is 17.3 Å². The molecule has 2 aromatic rings. The molecule has 0 spiro atoms. The molecule has 0 bridgehead atoms.